The van der Waals surface area contributed by atoms with Gasteiger partial charge < -0.3 is 10.1 Å². The van der Waals surface area contributed by atoms with Gasteiger partial charge in [-0.05, 0) is 24.9 Å². The van der Waals surface area contributed by atoms with Gasteiger partial charge >= 0.3 is 5.97 Å². The van der Waals surface area contributed by atoms with Crippen LogP contribution >= 0.6 is 23.1 Å². The van der Waals surface area contributed by atoms with Gasteiger partial charge in [0.25, 0.3) is 0 Å². The molecule has 102 valence electrons. The molecule has 0 aromatic carbocycles. The average molecular weight is 288 g/mol. The summed E-state index contributed by atoms with van der Waals surface area (Å²) in [6.07, 6.45) is 7.10. The summed E-state index contributed by atoms with van der Waals surface area (Å²) in [5.41, 5.74) is 0.380. The van der Waals surface area contributed by atoms with Crippen molar-refractivity contribution >= 4 is 34.2 Å². The Morgan fingerprint density at radius 3 is 2.94 bits per heavy atom. The summed E-state index contributed by atoms with van der Waals surface area (Å²) in [5.74, 6) is 0.874. The fourth-order valence-electron chi connectivity index (χ4n) is 1.47. The number of aromatic nitrogens is 1. The van der Waals surface area contributed by atoms with Gasteiger partial charge in [-0.15, -0.1) is 11.3 Å². The fourth-order valence-corrected chi connectivity index (χ4v) is 2.67. The van der Waals surface area contributed by atoms with E-state index in [1.54, 1.807) is 5.38 Å². The van der Waals surface area contributed by atoms with Crippen LogP contribution in [0.3, 0.4) is 0 Å². The Labute approximate surface area is 117 Å². The van der Waals surface area contributed by atoms with E-state index >= 15 is 0 Å². The Kier molecular flexibility index (Phi) is 7.84. The molecule has 1 N–H and O–H groups in total. The van der Waals surface area contributed by atoms with Crippen LogP contribution in [0.1, 0.15) is 36.2 Å². The summed E-state index contributed by atoms with van der Waals surface area (Å²) < 4.78 is 4.61. The van der Waals surface area contributed by atoms with Gasteiger partial charge in [-0.2, -0.15) is 11.8 Å². The number of nitrogens with one attached hydrogen (secondary N) is 1. The highest BCUT2D eigenvalue weighted by Gasteiger charge is 2.09. The van der Waals surface area contributed by atoms with E-state index in [1.165, 1.54) is 43.5 Å². The zero-order valence-corrected chi connectivity index (χ0v) is 12.5. The SMILES string of the molecule is COC(=O)c1csc(NCCCCCCSC)n1. The minimum absolute atomic E-state index is 0.378. The molecule has 1 heterocycles. The van der Waals surface area contributed by atoms with Crippen LogP contribution in [0.15, 0.2) is 5.38 Å². The number of thioether (sulfide) groups is 1. The Balaban J connectivity index is 2.12. The summed E-state index contributed by atoms with van der Waals surface area (Å²) in [7, 11) is 1.36. The summed E-state index contributed by atoms with van der Waals surface area (Å²) in [4.78, 5) is 15.4. The van der Waals surface area contributed by atoms with Crippen molar-refractivity contribution in [2.75, 3.05) is 31.0 Å². The molecule has 0 aliphatic rings. The molecule has 6 heteroatoms. The molecule has 0 atom stereocenters. The molecular weight excluding hydrogens is 268 g/mol. The van der Waals surface area contributed by atoms with Crippen molar-refractivity contribution < 1.29 is 9.53 Å². The van der Waals surface area contributed by atoms with E-state index in [1.807, 2.05) is 11.8 Å². The van der Waals surface area contributed by atoms with Gasteiger partial charge in [-0.3, -0.25) is 0 Å². The van der Waals surface area contributed by atoms with Crippen LogP contribution < -0.4 is 5.32 Å². The number of methoxy groups -OCH3 is 1. The number of carbonyl (C=O) groups excluding carboxylic acids is 1. The number of anilines is 1. The van der Waals surface area contributed by atoms with E-state index in [9.17, 15) is 4.79 Å². The number of hydrogen-bond acceptors (Lipinski definition) is 6. The fraction of sp³-hybridized carbons (Fsp3) is 0.667. The van der Waals surface area contributed by atoms with E-state index < -0.39 is 0 Å². The predicted octanol–water partition coefficient (Wildman–Crippen LogP) is 3.27. The minimum atomic E-state index is -0.378. The Bertz CT molecular complexity index is 356. The summed E-state index contributed by atoms with van der Waals surface area (Å²) >= 11 is 3.34. The van der Waals surface area contributed by atoms with Gasteiger partial charge in [-0.25, -0.2) is 9.78 Å². The van der Waals surface area contributed by atoms with Crippen molar-refractivity contribution in [2.45, 2.75) is 25.7 Å². The second kappa shape index (κ2) is 9.22. The van der Waals surface area contributed by atoms with Gasteiger partial charge in [0.2, 0.25) is 0 Å². The molecule has 0 saturated heterocycles. The minimum Gasteiger partial charge on any atom is -0.464 e. The maximum atomic E-state index is 11.2. The summed E-state index contributed by atoms with van der Waals surface area (Å²) in [5, 5.41) is 5.74. The van der Waals surface area contributed by atoms with Crippen molar-refractivity contribution in [3.63, 3.8) is 0 Å². The first-order valence-corrected chi connectivity index (χ1v) is 8.32. The van der Waals surface area contributed by atoms with E-state index in [2.05, 4.69) is 21.3 Å². The molecule has 1 rings (SSSR count). The largest absolute Gasteiger partial charge is 0.464 e. The number of hydrogen-bond donors (Lipinski definition) is 1. The molecule has 1 aromatic rings. The standard InChI is InChI=1S/C12H20N2O2S2/c1-16-11(15)10-9-18-12(14-10)13-7-5-3-4-6-8-17-2/h9H,3-8H2,1-2H3,(H,13,14). The number of thiazole rings is 1. The van der Waals surface area contributed by atoms with Crippen molar-refractivity contribution in [3.05, 3.63) is 11.1 Å². The topological polar surface area (TPSA) is 51.2 Å². The van der Waals surface area contributed by atoms with Crippen molar-refractivity contribution in [1.29, 1.82) is 0 Å². The molecule has 1 aromatic heterocycles. The Morgan fingerprint density at radius 1 is 1.44 bits per heavy atom. The molecule has 0 radical (unpaired) electrons. The molecule has 0 fully saturated rings. The lowest BCUT2D eigenvalue weighted by Crippen LogP contribution is -2.04. The van der Waals surface area contributed by atoms with Crippen molar-refractivity contribution in [2.24, 2.45) is 0 Å². The quantitative estimate of drug-likeness (QED) is 0.558. The molecule has 0 spiro atoms. The molecule has 18 heavy (non-hydrogen) atoms. The molecule has 0 amide bonds. The van der Waals surface area contributed by atoms with Crippen molar-refractivity contribution in [3.8, 4) is 0 Å². The lowest BCUT2D eigenvalue weighted by molar-refractivity contribution is 0.0595. The maximum Gasteiger partial charge on any atom is 0.357 e. The van der Waals surface area contributed by atoms with Gasteiger partial charge in [0, 0.05) is 11.9 Å². The van der Waals surface area contributed by atoms with E-state index in [0.29, 0.717) is 5.69 Å². The number of carbonyl (C=O) groups is 1. The molecule has 0 aliphatic heterocycles. The average Bonchev–Trinajstić information content (AvgIpc) is 2.85. The van der Waals surface area contributed by atoms with Crippen molar-refractivity contribution in [1.82, 2.24) is 4.98 Å². The maximum absolute atomic E-state index is 11.2. The highest BCUT2D eigenvalue weighted by molar-refractivity contribution is 7.98. The molecule has 0 saturated carbocycles. The zero-order valence-electron chi connectivity index (χ0n) is 10.9. The third kappa shape index (κ3) is 5.73. The number of unbranched alkanes of at least 4 members (excludes halogenated alkanes) is 3. The number of nitrogens with zero attached hydrogens (tertiary/aromatic N) is 1. The Morgan fingerprint density at radius 2 is 2.22 bits per heavy atom. The normalized spacial score (nSPS) is 10.3. The number of esters is 1. The van der Waals surface area contributed by atoms with E-state index in [-0.39, 0.29) is 5.97 Å². The van der Waals surface area contributed by atoms with Gasteiger partial charge in [0.15, 0.2) is 10.8 Å². The van der Waals surface area contributed by atoms with Crippen LogP contribution in [-0.2, 0) is 4.74 Å². The molecular formula is C12H20N2O2S2. The zero-order chi connectivity index (χ0) is 13.2. The predicted molar refractivity (Wildman–Crippen MR) is 78.8 cm³/mol. The first kappa shape index (κ1) is 15.3. The highest BCUT2D eigenvalue weighted by Crippen LogP contribution is 2.16. The first-order chi connectivity index (χ1) is 8.77. The van der Waals surface area contributed by atoms with E-state index in [4.69, 9.17) is 0 Å². The van der Waals surface area contributed by atoms with Gasteiger partial charge in [0.1, 0.15) is 0 Å². The van der Waals surface area contributed by atoms with Gasteiger partial charge in [0.05, 0.1) is 7.11 Å². The highest BCUT2D eigenvalue weighted by atomic mass is 32.2. The molecule has 0 unspecified atom stereocenters. The third-order valence-corrected chi connectivity index (χ3v) is 3.95. The second-order valence-corrected chi connectivity index (χ2v) is 5.71. The van der Waals surface area contributed by atoms with Crippen LogP contribution in [-0.4, -0.2) is 36.6 Å². The molecule has 4 nitrogen and oxygen atoms in total. The van der Waals surface area contributed by atoms with Crippen LogP contribution in [0.4, 0.5) is 5.13 Å². The smallest absolute Gasteiger partial charge is 0.357 e. The lowest BCUT2D eigenvalue weighted by atomic mass is 10.2. The van der Waals surface area contributed by atoms with Crippen LogP contribution in [0, 0.1) is 0 Å². The van der Waals surface area contributed by atoms with Crippen LogP contribution in [0.2, 0.25) is 0 Å². The Hall–Kier alpha value is -0.750. The van der Waals surface area contributed by atoms with E-state index in [0.717, 1.165) is 18.1 Å². The monoisotopic (exact) mass is 288 g/mol. The first-order valence-electron chi connectivity index (χ1n) is 6.04. The molecule has 0 bridgehead atoms. The second-order valence-electron chi connectivity index (χ2n) is 3.86. The number of ether oxygens (including phenoxy) is 1. The summed E-state index contributed by atoms with van der Waals surface area (Å²) in [6.45, 7) is 0.910. The van der Waals surface area contributed by atoms with Crippen LogP contribution in [0.5, 0.6) is 0 Å². The van der Waals surface area contributed by atoms with Gasteiger partial charge in [-0.1, -0.05) is 12.8 Å². The van der Waals surface area contributed by atoms with Crippen LogP contribution in [0.25, 0.3) is 0 Å². The number of rotatable bonds is 9. The molecule has 0 aliphatic carbocycles. The third-order valence-electron chi connectivity index (χ3n) is 2.45. The summed E-state index contributed by atoms with van der Waals surface area (Å²) in [6, 6.07) is 0. The lowest BCUT2D eigenvalue weighted by Gasteiger charge is -2.02.